The van der Waals surface area contributed by atoms with Gasteiger partial charge in [0.05, 0.1) is 0 Å². The Morgan fingerprint density at radius 3 is 2.57 bits per heavy atom. The number of rotatable bonds is 5. The van der Waals surface area contributed by atoms with E-state index in [0.717, 1.165) is 25.8 Å². The predicted molar refractivity (Wildman–Crippen MR) is 97.9 cm³/mol. The molecule has 0 spiro atoms. The third kappa shape index (κ3) is 2.55. The average molecular weight is 302 g/mol. The highest BCUT2D eigenvalue weighted by Crippen LogP contribution is 2.23. The maximum Gasteiger partial charge on any atom is 0.0483 e. The topological polar surface area (TPSA) is 20.7 Å². The zero-order valence-corrected chi connectivity index (χ0v) is 13.5. The maximum atomic E-state index is 3.37. The highest BCUT2D eigenvalue weighted by molar-refractivity contribution is 5.84. The van der Waals surface area contributed by atoms with Crippen molar-refractivity contribution in [3.05, 3.63) is 72.1 Å². The van der Waals surface area contributed by atoms with Gasteiger partial charge in [0, 0.05) is 40.7 Å². The lowest BCUT2D eigenvalue weighted by atomic mass is 10.1. The molecule has 2 aromatic carbocycles. The number of H-pyrrole nitrogens is 1. The van der Waals surface area contributed by atoms with Crippen molar-refractivity contribution in [2.75, 3.05) is 0 Å². The summed E-state index contributed by atoms with van der Waals surface area (Å²) >= 11 is 0. The molecule has 0 bridgehead atoms. The van der Waals surface area contributed by atoms with Crippen LogP contribution in [-0.2, 0) is 19.4 Å². The molecule has 0 radical (unpaired) electrons. The molecule has 2 nitrogen and oxygen atoms in total. The van der Waals surface area contributed by atoms with E-state index in [0.29, 0.717) is 0 Å². The van der Waals surface area contributed by atoms with Crippen molar-refractivity contribution >= 4 is 21.8 Å². The summed E-state index contributed by atoms with van der Waals surface area (Å²) in [5.74, 6) is 0. The Balaban J connectivity index is 1.53. The summed E-state index contributed by atoms with van der Waals surface area (Å²) in [6.07, 6.45) is 7.85. The first-order valence-corrected chi connectivity index (χ1v) is 8.48. The quantitative estimate of drug-likeness (QED) is 0.515. The van der Waals surface area contributed by atoms with Crippen LogP contribution in [0.4, 0.5) is 0 Å². The number of aryl methyl sites for hydroxylation is 3. The number of nitrogens with zero attached hydrogens (tertiary/aromatic N) is 1. The minimum absolute atomic E-state index is 1.07. The molecule has 4 aromatic rings. The van der Waals surface area contributed by atoms with Gasteiger partial charge < -0.3 is 9.55 Å². The average Bonchev–Trinajstić information content (AvgIpc) is 3.17. The Bertz CT molecular complexity index is 943. The van der Waals surface area contributed by atoms with Gasteiger partial charge in [-0.1, -0.05) is 43.3 Å². The number of fused-ring (bicyclic) bond motifs is 2. The smallest absolute Gasteiger partial charge is 0.0483 e. The monoisotopic (exact) mass is 302 g/mol. The first-order valence-electron chi connectivity index (χ1n) is 8.48. The number of aromatic nitrogens is 2. The standard InChI is InChI=1S/C21H22N2/c1-2-16-15-23(21-12-6-4-10-19(16)21)13-7-8-17-14-22-20-11-5-3-9-18(17)20/h3-6,9-12,14-15,22H,2,7-8,13H2,1H3. The lowest BCUT2D eigenvalue weighted by molar-refractivity contribution is 0.662. The van der Waals surface area contributed by atoms with Gasteiger partial charge in [0.25, 0.3) is 0 Å². The van der Waals surface area contributed by atoms with Gasteiger partial charge in [-0.05, 0) is 42.5 Å². The third-order valence-corrected chi connectivity index (χ3v) is 4.77. The molecular weight excluding hydrogens is 280 g/mol. The van der Waals surface area contributed by atoms with Crippen LogP contribution in [0.2, 0.25) is 0 Å². The Kier molecular flexibility index (Phi) is 3.66. The summed E-state index contributed by atoms with van der Waals surface area (Å²) in [5, 5.41) is 2.77. The molecule has 1 N–H and O–H groups in total. The number of hydrogen-bond acceptors (Lipinski definition) is 0. The molecule has 2 aromatic heterocycles. The molecule has 0 saturated heterocycles. The van der Waals surface area contributed by atoms with Crippen LogP contribution in [0.15, 0.2) is 60.9 Å². The largest absolute Gasteiger partial charge is 0.361 e. The fraction of sp³-hybridized carbons (Fsp3) is 0.238. The Hall–Kier alpha value is -2.48. The lowest BCUT2D eigenvalue weighted by Gasteiger charge is -2.05. The zero-order chi connectivity index (χ0) is 15.6. The van der Waals surface area contributed by atoms with Gasteiger partial charge >= 0.3 is 0 Å². The second-order valence-electron chi connectivity index (χ2n) is 6.18. The van der Waals surface area contributed by atoms with Crippen molar-refractivity contribution in [2.24, 2.45) is 0 Å². The molecule has 0 aliphatic rings. The Labute approximate surface area is 136 Å². The molecular formula is C21H22N2. The van der Waals surface area contributed by atoms with Gasteiger partial charge in [0.1, 0.15) is 0 Å². The molecule has 0 atom stereocenters. The first kappa shape index (κ1) is 14.1. The molecule has 0 amide bonds. The minimum Gasteiger partial charge on any atom is -0.361 e. The van der Waals surface area contributed by atoms with Crippen molar-refractivity contribution in [2.45, 2.75) is 32.7 Å². The second-order valence-corrected chi connectivity index (χ2v) is 6.18. The molecule has 0 fully saturated rings. The van der Waals surface area contributed by atoms with E-state index in [9.17, 15) is 0 Å². The number of hydrogen-bond donors (Lipinski definition) is 1. The van der Waals surface area contributed by atoms with Crippen LogP contribution in [-0.4, -0.2) is 9.55 Å². The normalized spacial score (nSPS) is 11.5. The van der Waals surface area contributed by atoms with E-state index in [4.69, 9.17) is 0 Å². The number of benzene rings is 2. The highest BCUT2D eigenvalue weighted by atomic mass is 15.0. The van der Waals surface area contributed by atoms with Crippen LogP contribution in [0.1, 0.15) is 24.5 Å². The predicted octanol–water partition coefficient (Wildman–Crippen LogP) is 5.32. The lowest BCUT2D eigenvalue weighted by Crippen LogP contribution is -1.97. The van der Waals surface area contributed by atoms with Crippen molar-refractivity contribution in [1.29, 1.82) is 0 Å². The van der Waals surface area contributed by atoms with E-state index < -0.39 is 0 Å². The molecule has 2 heterocycles. The SMILES string of the molecule is CCc1cn(CCCc2c[nH]c3ccccc23)c2ccccc12. The summed E-state index contributed by atoms with van der Waals surface area (Å²) in [6.45, 7) is 3.30. The highest BCUT2D eigenvalue weighted by Gasteiger charge is 2.07. The van der Waals surface area contributed by atoms with Crippen LogP contribution in [0, 0.1) is 0 Å². The van der Waals surface area contributed by atoms with E-state index >= 15 is 0 Å². The van der Waals surface area contributed by atoms with Gasteiger partial charge in [-0.15, -0.1) is 0 Å². The second kappa shape index (κ2) is 5.96. The summed E-state index contributed by atoms with van der Waals surface area (Å²) in [7, 11) is 0. The number of aromatic amines is 1. The fourth-order valence-corrected chi connectivity index (χ4v) is 3.57. The van der Waals surface area contributed by atoms with Crippen LogP contribution in [0.25, 0.3) is 21.8 Å². The summed E-state index contributed by atoms with van der Waals surface area (Å²) in [6, 6.07) is 17.3. The van der Waals surface area contributed by atoms with Crippen LogP contribution >= 0.6 is 0 Å². The summed E-state index contributed by atoms with van der Waals surface area (Å²) in [5.41, 5.74) is 5.48. The fourth-order valence-electron chi connectivity index (χ4n) is 3.57. The van der Waals surface area contributed by atoms with Crippen LogP contribution < -0.4 is 0 Å². The van der Waals surface area contributed by atoms with Crippen LogP contribution in [0.5, 0.6) is 0 Å². The zero-order valence-electron chi connectivity index (χ0n) is 13.5. The van der Waals surface area contributed by atoms with Gasteiger partial charge in [-0.3, -0.25) is 0 Å². The number of nitrogens with one attached hydrogen (secondary N) is 1. The third-order valence-electron chi connectivity index (χ3n) is 4.77. The van der Waals surface area contributed by atoms with E-state index in [1.54, 1.807) is 0 Å². The molecule has 2 heteroatoms. The molecule has 4 rings (SSSR count). The van der Waals surface area contributed by atoms with Crippen molar-refractivity contribution < 1.29 is 0 Å². The first-order chi connectivity index (χ1) is 11.4. The van der Waals surface area contributed by atoms with Crippen molar-refractivity contribution in [3.63, 3.8) is 0 Å². The molecule has 0 aliphatic carbocycles. The van der Waals surface area contributed by atoms with Gasteiger partial charge in [0.2, 0.25) is 0 Å². The maximum absolute atomic E-state index is 3.37. The van der Waals surface area contributed by atoms with E-state index in [1.807, 2.05) is 0 Å². The summed E-state index contributed by atoms with van der Waals surface area (Å²) in [4.78, 5) is 3.37. The van der Waals surface area contributed by atoms with Crippen molar-refractivity contribution in [1.82, 2.24) is 9.55 Å². The van der Waals surface area contributed by atoms with Crippen LogP contribution in [0.3, 0.4) is 0 Å². The molecule has 23 heavy (non-hydrogen) atoms. The van der Waals surface area contributed by atoms with Crippen molar-refractivity contribution in [3.8, 4) is 0 Å². The minimum atomic E-state index is 1.07. The van der Waals surface area contributed by atoms with Gasteiger partial charge in [0.15, 0.2) is 0 Å². The summed E-state index contributed by atoms with van der Waals surface area (Å²) < 4.78 is 2.42. The Morgan fingerprint density at radius 2 is 1.70 bits per heavy atom. The van der Waals surface area contributed by atoms with Gasteiger partial charge in [-0.25, -0.2) is 0 Å². The van der Waals surface area contributed by atoms with E-state index in [1.165, 1.54) is 32.9 Å². The molecule has 0 unspecified atom stereocenters. The van der Waals surface area contributed by atoms with E-state index in [-0.39, 0.29) is 0 Å². The number of para-hydroxylation sites is 2. The molecule has 0 saturated carbocycles. The molecule has 0 aliphatic heterocycles. The Morgan fingerprint density at radius 1 is 0.913 bits per heavy atom. The van der Waals surface area contributed by atoms with E-state index in [2.05, 4.69) is 77.4 Å². The van der Waals surface area contributed by atoms with Gasteiger partial charge in [-0.2, -0.15) is 0 Å². The molecule has 116 valence electrons.